The average Bonchev–Trinajstić information content (AvgIpc) is 2.04. The van der Waals surface area contributed by atoms with Crippen molar-refractivity contribution in [3.8, 4) is 5.75 Å². The molecule has 0 saturated heterocycles. The predicted molar refractivity (Wildman–Crippen MR) is 42.7 cm³/mol. The van der Waals surface area contributed by atoms with Gasteiger partial charge in [-0.2, -0.15) is 0 Å². The van der Waals surface area contributed by atoms with Crippen LogP contribution in [-0.4, -0.2) is 18.1 Å². The van der Waals surface area contributed by atoms with E-state index in [1.807, 2.05) is 6.07 Å². The maximum Gasteiger partial charge on any atom is 0.145 e. The van der Waals surface area contributed by atoms with Gasteiger partial charge in [-0.1, -0.05) is 0 Å². The number of pyridine rings is 1. The van der Waals surface area contributed by atoms with E-state index in [1.165, 1.54) is 0 Å². The molecular weight excluding hydrogens is 140 g/mol. The smallest absolute Gasteiger partial charge is 0.145 e. The SMILES string of the molecule is [CH2]c1cc2c(cn1)NCCO2. The van der Waals surface area contributed by atoms with Gasteiger partial charge < -0.3 is 10.1 Å². The van der Waals surface area contributed by atoms with E-state index < -0.39 is 0 Å². The quantitative estimate of drug-likeness (QED) is 0.599. The highest BCUT2D eigenvalue weighted by Crippen LogP contribution is 2.25. The molecule has 3 nitrogen and oxygen atoms in total. The maximum atomic E-state index is 5.36. The van der Waals surface area contributed by atoms with Gasteiger partial charge >= 0.3 is 0 Å². The molecule has 0 aliphatic carbocycles. The first kappa shape index (κ1) is 6.46. The largest absolute Gasteiger partial charge is 0.489 e. The molecule has 1 N–H and O–H groups in total. The normalized spacial score (nSPS) is 14.6. The third-order valence-corrected chi connectivity index (χ3v) is 1.60. The molecule has 57 valence electrons. The van der Waals surface area contributed by atoms with Crippen molar-refractivity contribution in [2.75, 3.05) is 18.5 Å². The van der Waals surface area contributed by atoms with Crippen molar-refractivity contribution >= 4 is 5.69 Å². The lowest BCUT2D eigenvalue weighted by Gasteiger charge is -2.18. The van der Waals surface area contributed by atoms with Crippen LogP contribution >= 0.6 is 0 Å². The molecule has 1 aromatic heterocycles. The molecule has 1 aromatic rings. The molecule has 0 atom stereocenters. The van der Waals surface area contributed by atoms with Gasteiger partial charge in [0.15, 0.2) is 0 Å². The number of hydrogen-bond donors (Lipinski definition) is 1. The van der Waals surface area contributed by atoms with E-state index in [0.29, 0.717) is 0 Å². The summed E-state index contributed by atoms with van der Waals surface area (Å²) in [5.74, 6) is 0.858. The Morgan fingerprint density at radius 1 is 1.64 bits per heavy atom. The van der Waals surface area contributed by atoms with E-state index >= 15 is 0 Å². The summed E-state index contributed by atoms with van der Waals surface area (Å²) in [6, 6.07) is 1.83. The molecule has 1 aliphatic heterocycles. The van der Waals surface area contributed by atoms with E-state index in [0.717, 1.165) is 30.3 Å². The number of ether oxygens (including phenoxy) is 1. The molecule has 1 aliphatic rings. The second kappa shape index (κ2) is 2.42. The summed E-state index contributed by atoms with van der Waals surface area (Å²) in [6.45, 7) is 5.28. The molecule has 0 amide bonds. The number of hydrogen-bond acceptors (Lipinski definition) is 3. The van der Waals surface area contributed by atoms with Crippen molar-refractivity contribution in [1.29, 1.82) is 0 Å². The Morgan fingerprint density at radius 2 is 2.55 bits per heavy atom. The van der Waals surface area contributed by atoms with Gasteiger partial charge in [-0.25, -0.2) is 0 Å². The van der Waals surface area contributed by atoms with E-state index in [4.69, 9.17) is 4.74 Å². The number of anilines is 1. The topological polar surface area (TPSA) is 34.2 Å². The minimum atomic E-state index is 0.719. The second-order valence-corrected chi connectivity index (χ2v) is 2.45. The van der Waals surface area contributed by atoms with Gasteiger partial charge in [0.25, 0.3) is 0 Å². The van der Waals surface area contributed by atoms with Crippen LogP contribution in [0.25, 0.3) is 0 Å². The molecular formula is C8H9N2O. The summed E-state index contributed by atoms with van der Waals surface area (Å²) in [5.41, 5.74) is 1.70. The zero-order valence-corrected chi connectivity index (χ0v) is 6.13. The van der Waals surface area contributed by atoms with Crippen LogP contribution in [0.4, 0.5) is 5.69 Å². The van der Waals surface area contributed by atoms with Crippen molar-refractivity contribution in [3.63, 3.8) is 0 Å². The molecule has 0 aromatic carbocycles. The van der Waals surface area contributed by atoms with Crippen LogP contribution in [0.3, 0.4) is 0 Å². The molecule has 3 heteroatoms. The molecule has 0 spiro atoms. The summed E-state index contributed by atoms with van der Waals surface area (Å²) >= 11 is 0. The van der Waals surface area contributed by atoms with Crippen molar-refractivity contribution in [2.45, 2.75) is 0 Å². The standard InChI is InChI=1S/C8H9N2O/c1-6-4-8-7(5-10-6)9-2-3-11-8/h4-5,9H,1-3H2. The lowest BCUT2D eigenvalue weighted by atomic mass is 10.3. The van der Waals surface area contributed by atoms with Gasteiger partial charge in [0.05, 0.1) is 11.9 Å². The average molecular weight is 149 g/mol. The summed E-state index contributed by atoms with van der Waals surface area (Å²) in [4.78, 5) is 4.04. The van der Waals surface area contributed by atoms with Gasteiger partial charge in [-0.15, -0.1) is 0 Å². The fraction of sp³-hybridized carbons (Fsp3) is 0.250. The van der Waals surface area contributed by atoms with Crippen LogP contribution in [-0.2, 0) is 0 Å². The first-order chi connectivity index (χ1) is 5.36. The zero-order chi connectivity index (χ0) is 7.68. The minimum absolute atomic E-state index is 0.719. The van der Waals surface area contributed by atoms with Crippen LogP contribution in [0, 0.1) is 6.92 Å². The monoisotopic (exact) mass is 149 g/mol. The molecule has 0 unspecified atom stereocenters. The fourth-order valence-electron chi connectivity index (χ4n) is 1.08. The zero-order valence-electron chi connectivity index (χ0n) is 6.13. The van der Waals surface area contributed by atoms with Crippen LogP contribution in [0.1, 0.15) is 5.69 Å². The summed E-state index contributed by atoms with van der Waals surface area (Å²) in [6.07, 6.45) is 1.75. The summed E-state index contributed by atoms with van der Waals surface area (Å²) in [5, 5.41) is 3.17. The van der Waals surface area contributed by atoms with Crippen molar-refractivity contribution in [1.82, 2.24) is 4.98 Å². The number of nitrogens with zero attached hydrogens (tertiary/aromatic N) is 1. The van der Waals surface area contributed by atoms with Crippen molar-refractivity contribution < 1.29 is 4.74 Å². The van der Waals surface area contributed by atoms with Crippen LogP contribution in [0.2, 0.25) is 0 Å². The minimum Gasteiger partial charge on any atom is -0.489 e. The fourth-order valence-corrected chi connectivity index (χ4v) is 1.08. The third-order valence-electron chi connectivity index (χ3n) is 1.60. The summed E-state index contributed by atoms with van der Waals surface area (Å²) in [7, 11) is 0. The molecule has 1 radical (unpaired) electrons. The van der Waals surface area contributed by atoms with Crippen LogP contribution in [0.15, 0.2) is 12.3 Å². The second-order valence-electron chi connectivity index (χ2n) is 2.45. The molecule has 11 heavy (non-hydrogen) atoms. The molecule has 0 bridgehead atoms. The Labute approximate surface area is 65.4 Å². The number of rotatable bonds is 0. The van der Waals surface area contributed by atoms with E-state index in [-0.39, 0.29) is 0 Å². The lowest BCUT2D eigenvalue weighted by molar-refractivity contribution is 0.322. The van der Waals surface area contributed by atoms with Crippen LogP contribution in [0.5, 0.6) is 5.75 Å². The Bertz CT molecular complexity index is 273. The van der Waals surface area contributed by atoms with E-state index in [2.05, 4.69) is 17.2 Å². The molecule has 0 saturated carbocycles. The number of nitrogens with one attached hydrogen (secondary N) is 1. The number of aromatic nitrogens is 1. The molecule has 2 heterocycles. The highest BCUT2D eigenvalue weighted by atomic mass is 16.5. The highest BCUT2D eigenvalue weighted by molar-refractivity contribution is 5.56. The van der Waals surface area contributed by atoms with Gasteiger partial charge in [-0.05, 0) is 6.92 Å². The number of fused-ring (bicyclic) bond motifs is 1. The Kier molecular flexibility index (Phi) is 1.42. The molecule has 2 rings (SSSR count). The van der Waals surface area contributed by atoms with E-state index in [1.54, 1.807) is 6.20 Å². The highest BCUT2D eigenvalue weighted by Gasteiger charge is 2.08. The lowest BCUT2D eigenvalue weighted by Crippen LogP contribution is -2.18. The Hall–Kier alpha value is -1.25. The van der Waals surface area contributed by atoms with Gasteiger partial charge in [0, 0.05) is 18.3 Å². The first-order valence-corrected chi connectivity index (χ1v) is 3.55. The van der Waals surface area contributed by atoms with Crippen LogP contribution < -0.4 is 10.1 Å². The van der Waals surface area contributed by atoms with E-state index in [9.17, 15) is 0 Å². The summed E-state index contributed by atoms with van der Waals surface area (Å²) < 4.78 is 5.36. The van der Waals surface area contributed by atoms with Gasteiger partial charge in [-0.3, -0.25) is 4.98 Å². The first-order valence-electron chi connectivity index (χ1n) is 3.55. The predicted octanol–water partition coefficient (Wildman–Crippen LogP) is 1.07. The molecule has 0 fully saturated rings. The van der Waals surface area contributed by atoms with Gasteiger partial charge in [0.2, 0.25) is 0 Å². The maximum absolute atomic E-state index is 5.36. The van der Waals surface area contributed by atoms with Crippen molar-refractivity contribution in [2.24, 2.45) is 0 Å². The van der Waals surface area contributed by atoms with Crippen molar-refractivity contribution in [3.05, 3.63) is 24.9 Å². The van der Waals surface area contributed by atoms with Gasteiger partial charge in [0.1, 0.15) is 12.4 Å². The Balaban J connectivity index is 2.43. The third kappa shape index (κ3) is 1.13. The Morgan fingerprint density at radius 3 is 3.45 bits per heavy atom.